The quantitative estimate of drug-likeness (QED) is 0.289. The Morgan fingerprint density at radius 1 is 0.967 bits per heavy atom. The molecule has 0 aliphatic carbocycles. The summed E-state index contributed by atoms with van der Waals surface area (Å²) in [5.74, 6) is 0.550. The molecule has 2 rings (SSSR count). The number of carbonyl (C=O) groups excluding carboxylic acids is 2. The van der Waals surface area contributed by atoms with Crippen LogP contribution in [0.3, 0.4) is 0 Å². The van der Waals surface area contributed by atoms with Gasteiger partial charge in [0, 0.05) is 30.7 Å². The molecule has 7 nitrogen and oxygen atoms in total. The van der Waals surface area contributed by atoms with E-state index in [9.17, 15) is 19.7 Å². The molecule has 1 N–H and O–H groups in total. The lowest BCUT2D eigenvalue weighted by Crippen LogP contribution is -2.29. The predicted octanol–water partition coefficient (Wildman–Crippen LogP) is 5.74. The molecule has 2 aromatic rings. The van der Waals surface area contributed by atoms with Crippen molar-refractivity contribution >= 4 is 17.6 Å². The third kappa shape index (κ3) is 9.82. The third-order valence-electron chi connectivity index (χ3n) is 3.55. The average molecular weight is 419 g/mol. The molecule has 0 radical (unpaired) electrons. The van der Waals surface area contributed by atoms with E-state index in [1.165, 1.54) is 31.2 Å². The van der Waals surface area contributed by atoms with Gasteiger partial charge in [-0.25, -0.2) is 0 Å². The van der Waals surface area contributed by atoms with E-state index >= 15 is 0 Å². The molecule has 0 aromatic heterocycles. The van der Waals surface area contributed by atoms with E-state index in [-0.39, 0.29) is 38.5 Å². The second kappa shape index (κ2) is 13.9. The summed E-state index contributed by atoms with van der Waals surface area (Å²) in [6.45, 7) is 9.26. The maximum Gasteiger partial charge on any atom is 0.308 e. The van der Waals surface area contributed by atoms with Crippen molar-refractivity contribution in [3.05, 3.63) is 69.8 Å². The van der Waals surface area contributed by atoms with E-state index in [2.05, 4.69) is 19.2 Å². The summed E-state index contributed by atoms with van der Waals surface area (Å²) in [6.07, 6.45) is 0. The first-order chi connectivity index (χ1) is 13.1. The Morgan fingerprint density at radius 3 is 1.93 bits per heavy atom. The Bertz CT molecular complexity index is 815. The van der Waals surface area contributed by atoms with Crippen LogP contribution in [-0.4, -0.2) is 22.8 Å². The lowest BCUT2D eigenvalue weighted by Gasteiger charge is -2.10. The molecular weight excluding hydrogens is 384 g/mol. The van der Waals surface area contributed by atoms with Gasteiger partial charge in [-0.2, -0.15) is 0 Å². The number of hydrogen-bond acceptors (Lipinski definition) is 5. The highest BCUT2D eigenvalue weighted by Gasteiger charge is 2.10. The maximum atomic E-state index is 11.5. The molecule has 0 fully saturated rings. The molecule has 0 spiro atoms. The van der Waals surface area contributed by atoms with Crippen LogP contribution >= 0.6 is 0 Å². The van der Waals surface area contributed by atoms with Gasteiger partial charge in [0.05, 0.1) is 4.92 Å². The number of rotatable bonds is 5. The van der Waals surface area contributed by atoms with Crippen LogP contribution < -0.4 is 10.1 Å². The van der Waals surface area contributed by atoms with Gasteiger partial charge in [-0.1, -0.05) is 46.9 Å². The van der Waals surface area contributed by atoms with Gasteiger partial charge in [0.15, 0.2) is 0 Å². The van der Waals surface area contributed by atoms with E-state index in [0.717, 1.165) is 5.56 Å². The molecule has 0 bridgehead atoms. The lowest BCUT2D eigenvalue weighted by atomic mass is 10.0. The van der Waals surface area contributed by atoms with Crippen LogP contribution in [0.25, 0.3) is 0 Å². The fourth-order valence-electron chi connectivity index (χ4n) is 2.29. The molecular formula is C23H34N2O5. The Morgan fingerprint density at radius 2 is 1.50 bits per heavy atom. The Balaban J connectivity index is 0. The second-order valence-electron chi connectivity index (χ2n) is 6.72. The minimum Gasteiger partial charge on any atom is -0.426 e. The van der Waals surface area contributed by atoms with Crippen molar-refractivity contribution in [2.75, 3.05) is 0 Å². The summed E-state index contributed by atoms with van der Waals surface area (Å²) in [5.41, 5.74) is 1.48. The van der Waals surface area contributed by atoms with Crippen molar-refractivity contribution < 1.29 is 19.2 Å². The van der Waals surface area contributed by atoms with Crippen molar-refractivity contribution in [3.8, 4) is 5.75 Å². The largest absolute Gasteiger partial charge is 0.426 e. The summed E-state index contributed by atoms with van der Waals surface area (Å²) in [6, 6.07) is 13.2. The fraction of sp³-hybridized carbons (Fsp3) is 0.391. The van der Waals surface area contributed by atoms with E-state index in [1.807, 2.05) is 38.1 Å². The molecule has 0 heterocycles. The van der Waals surface area contributed by atoms with E-state index in [1.54, 1.807) is 0 Å². The molecule has 0 atom stereocenters. The zero-order valence-electron chi connectivity index (χ0n) is 16.8. The monoisotopic (exact) mass is 418 g/mol. The smallest absolute Gasteiger partial charge is 0.308 e. The van der Waals surface area contributed by atoms with E-state index in [4.69, 9.17) is 4.74 Å². The average Bonchev–Trinajstić information content (AvgIpc) is 2.61. The first-order valence-electron chi connectivity index (χ1n) is 8.94. The number of nitrogens with zero attached hydrogens (tertiary/aromatic N) is 1. The number of esters is 1. The van der Waals surface area contributed by atoms with Crippen molar-refractivity contribution in [2.24, 2.45) is 0 Å². The number of hydrogen-bond donors (Lipinski definition) is 1. The molecule has 30 heavy (non-hydrogen) atoms. The minimum atomic E-state index is -0.496. The molecule has 0 aliphatic heterocycles. The van der Waals surface area contributed by atoms with Gasteiger partial charge in [0.2, 0.25) is 0 Å². The molecule has 0 aliphatic rings. The fourth-order valence-corrected chi connectivity index (χ4v) is 2.29. The van der Waals surface area contributed by atoms with Crippen LogP contribution in [0.4, 0.5) is 5.69 Å². The van der Waals surface area contributed by atoms with Gasteiger partial charge in [0.25, 0.3) is 11.6 Å². The number of para-hydroxylation sites is 1. The van der Waals surface area contributed by atoms with Crippen molar-refractivity contribution in [3.63, 3.8) is 0 Å². The van der Waals surface area contributed by atoms with Gasteiger partial charge in [-0.05, 0) is 43.5 Å². The van der Waals surface area contributed by atoms with E-state index in [0.29, 0.717) is 17.2 Å². The maximum absolute atomic E-state index is 11.5. The highest BCUT2D eigenvalue weighted by molar-refractivity contribution is 5.94. The molecule has 1 amide bonds. The molecule has 7 heteroatoms. The number of ether oxygens (including phenoxy) is 1. The summed E-state index contributed by atoms with van der Waals surface area (Å²) >= 11 is 0. The van der Waals surface area contributed by atoms with Gasteiger partial charge in [-0.3, -0.25) is 19.7 Å². The van der Waals surface area contributed by atoms with Crippen LogP contribution in [0.5, 0.6) is 5.75 Å². The number of nitrogens with one attached hydrogen (secondary N) is 1. The van der Waals surface area contributed by atoms with Crippen LogP contribution in [-0.2, 0) is 4.79 Å². The van der Waals surface area contributed by atoms with Crippen molar-refractivity contribution in [1.29, 1.82) is 0 Å². The van der Waals surface area contributed by atoms with Crippen molar-refractivity contribution in [1.82, 2.24) is 5.32 Å². The summed E-state index contributed by atoms with van der Waals surface area (Å²) in [7, 11) is 0. The third-order valence-corrected chi connectivity index (χ3v) is 3.55. The normalized spacial score (nSPS) is 9.43. The second-order valence-corrected chi connectivity index (χ2v) is 6.72. The van der Waals surface area contributed by atoms with Gasteiger partial charge >= 0.3 is 5.97 Å². The summed E-state index contributed by atoms with van der Waals surface area (Å²) in [5, 5.41) is 13.1. The van der Waals surface area contributed by atoms with Crippen LogP contribution in [0.1, 0.15) is 71.3 Å². The SMILES string of the molecule is C.C.CC(=O)Oc1ccccc1C(C)C.CC(C)NC(=O)c1ccc([N+](=O)[O-])cc1. The Kier molecular flexibility index (Phi) is 13.4. The number of benzene rings is 2. The van der Waals surface area contributed by atoms with Gasteiger partial charge < -0.3 is 10.1 Å². The van der Waals surface area contributed by atoms with Gasteiger partial charge in [-0.15, -0.1) is 0 Å². The number of nitro benzene ring substituents is 1. The summed E-state index contributed by atoms with van der Waals surface area (Å²) < 4.78 is 5.07. The first kappa shape index (κ1) is 29.0. The lowest BCUT2D eigenvalue weighted by molar-refractivity contribution is -0.384. The van der Waals surface area contributed by atoms with Crippen molar-refractivity contribution in [2.45, 2.75) is 61.4 Å². The highest BCUT2D eigenvalue weighted by Crippen LogP contribution is 2.25. The highest BCUT2D eigenvalue weighted by atomic mass is 16.6. The number of non-ortho nitro benzene ring substituents is 1. The number of carbonyl (C=O) groups is 2. The zero-order chi connectivity index (χ0) is 21.3. The standard InChI is InChI=1S/C11H14O2.C10H12N2O3.2CH4/c1-8(2)10-6-4-5-7-11(10)13-9(3)12;1-7(2)11-10(13)8-3-5-9(6-4-8)12(14)15;;/h4-8H,1-3H3;3-7H,1-2H3,(H,11,13);2*1H4. The minimum absolute atomic E-state index is 0. The Labute approximate surface area is 179 Å². The summed E-state index contributed by atoms with van der Waals surface area (Å²) in [4.78, 5) is 32.1. The van der Waals surface area contributed by atoms with Crippen LogP contribution in [0, 0.1) is 10.1 Å². The number of amides is 1. The molecule has 2 aromatic carbocycles. The van der Waals surface area contributed by atoms with Crippen LogP contribution in [0.2, 0.25) is 0 Å². The Hall–Kier alpha value is -3.22. The molecule has 166 valence electrons. The zero-order valence-corrected chi connectivity index (χ0v) is 16.8. The van der Waals surface area contributed by atoms with Gasteiger partial charge in [0.1, 0.15) is 5.75 Å². The molecule has 0 saturated carbocycles. The number of nitro groups is 1. The topological polar surface area (TPSA) is 98.5 Å². The van der Waals surface area contributed by atoms with E-state index < -0.39 is 4.92 Å². The van der Waals surface area contributed by atoms with Crippen LogP contribution in [0.15, 0.2) is 48.5 Å². The molecule has 0 saturated heterocycles. The first-order valence-corrected chi connectivity index (χ1v) is 8.94. The predicted molar refractivity (Wildman–Crippen MR) is 121 cm³/mol. The molecule has 0 unspecified atom stereocenters.